The highest BCUT2D eigenvalue weighted by Crippen LogP contribution is 2.68. The van der Waals surface area contributed by atoms with Crippen LogP contribution in [0.5, 0.6) is 0 Å². The van der Waals surface area contributed by atoms with Crippen molar-refractivity contribution in [2.75, 3.05) is 18.4 Å². The first-order valence-corrected chi connectivity index (χ1v) is 12.8. The Hall–Kier alpha value is -3.79. The molecule has 8 nitrogen and oxygen atoms in total. The molecule has 3 heterocycles. The molecule has 0 radical (unpaired) electrons. The fraction of sp³-hybridized carbons (Fsp3) is 0.393. The van der Waals surface area contributed by atoms with E-state index in [1.165, 1.54) is 18.2 Å². The molecule has 3 aliphatic rings. The lowest BCUT2D eigenvalue weighted by molar-refractivity contribution is 0.0543. The topological polar surface area (TPSA) is 99.4 Å². The number of hydrogen-bond donors (Lipinski definition) is 2. The van der Waals surface area contributed by atoms with Crippen LogP contribution in [0.1, 0.15) is 56.4 Å². The summed E-state index contributed by atoms with van der Waals surface area (Å²) in [5.74, 6) is -0.671. The number of aromatic nitrogens is 4. The largest absolute Gasteiger partial charge is 0.392 e. The minimum absolute atomic E-state index is 0.142. The van der Waals surface area contributed by atoms with Gasteiger partial charge in [-0.2, -0.15) is 5.10 Å². The molecule has 2 aliphatic carbocycles. The van der Waals surface area contributed by atoms with Crippen molar-refractivity contribution >= 4 is 11.7 Å². The number of nitrogens with zero attached hydrogens (tertiary/aromatic N) is 6. The van der Waals surface area contributed by atoms with Crippen LogP contribution in [0.15, 0.2) is 54.1 Å². The molecule has 196 valence electrons. The molecule has 0 spiro atoms. The minimum atomic E-state index is -0.648. The van der Waals surface area contributed by atoms with Crippen LogP contribution in [0.2, 0.25) is 0 Å². The smallest absolute Gasteiger partial charge is 0.222 e. The third-order valence-electron chi connectivity index (χ3n) is 8.37. The number of aliphatic imine (C=N–C) groups is 1. The van der Waals surface area contributed by atoms with Crippen LogP contribution in [-0.4, -0.2) is 55.1 Å². The number of anilines is 1. The predicted molar refractivity (Wildman–Crippen MR) is 139 cm³/mol. The average molecular weight is 518 g/mol. The molecule has 6 rings (SSSR count). The number of halogens is 2. The van der Waals surface area contributed by atoms with E-state index in [1.54, 1.807) is 25.5 Å². The van der Waals surface area contributed by atoms with E-state index in [0.29, 0.717) is 19.0 Å². The molecule has 1 saturated carbocycles. The van der Waals surface area contributed by atoms with Crippen molar-refractivity contribution in [2.24, 2.45) is 10.4 Å². The van der Waals surface area contributed by atoms with Gasteiger partial charge in [-0.15, -0.1) is 5.10 Å². The summed E-state index contributed by atoms with van der Waals surface area (Å²) in [6, 6.07) is 5.65. The maximum atomic E-state index is 14.5. The molecular formula is C28H29F2N7O. The zero-order chi connectivity index (χ0) is 26.7. The van der Waals surface area contributed by atoms with Crippen LogP contribution >= 0.6 is 0 Å². The lowest BCUT2D eigenvalue weighted by atomic mass is 9.73. The molecule has 0 unspecified atom stereocenters. The first-order valence-electron chi connectivity index (χ1n) is 12.8. The van der Waals surface area contributed by atoms with Gasteiger partial charge in [0.2, 0.25) is 5.95 Å². The summed E-state index contributed by atoms with van der Waals surface area (Å²) in [6.45, 7) is 7.06. The van der Waals surface area contributed by atoms with Crippen molar-refractivity contribution < 1.29 is 13.9 Å². The Labute approximate surface area is 219 Å². The molecule has 10 heteroatoms. The Morgan fingerprint density at radius 2 is 1.89 bits per heavy atom. The fourth-order valence-electron chi connectivity index (χ4n) is 6.49. The van der Waals surface area contributed by atoms with E-state index in [2.05, 4.69) is 49.2 Å². The lowest BCUT2D eigenvalue weighted by Crippen LogP contribution is -2.51. The quantitative estimate of drug-likeness (QED) is 0.500. The van der Waals surface area contributed by atoms with Gasteiger partial charge in [0.15, 0.2) is 0 Å². The van der Waals surface area contributed by atoms with Crippen LogP contribution in [-0.2, 0) is 5.54 Å². The highest BCUT2D eigenvalue weighted by molar-refractivity contribution is 6.02. The van der Waals surface area contributed by atoms with Gasteiger partial charge < -0.3 is 15.3 Å². The van der Waals surface area contributed by atoms with E-state index >= 15 is 0 Å². The molecule has 2 N–H and O–H groups in total. The van der Waals surface area contributed by atoms with Gasteiger partial charge in [-0.25, -0.2) is 18.7 Å². The molecule has 3 atom stereocenters. The summed E-state index contributed by atoms with van der Waals surface area (Å²) < 4.78 is 29.1. The van der Waals surface area contributed by atoms with Gasteiger partial charge in [0.1, 0.15) is 11.6 Å². The van der Waals surface area contributed by atoms with E-state index in [0.717, 1.165) is 35.4 Å². The monoisotopic (exact) mass is 517 g/mol. The number of benzene rings is 1. The zero-order valence-electron chi connectivity index (χ0n) is 21.5. The number of aliphatic hydroxyl groups is 1. The zero-order valence-corrected chi connectivity index (χ0v) is 21.5. The van der Waals surface area contributed by atoms with Gasteiger partial charge in [-0.05, 0) is 49.4 Å². The molecule has 1 aromatic carbocycles. The van der Waals surface area contributed by atoms with E-state index in [-0.39, 0.29) is 22.6 Å². The van der Waals surface area contributed by atoms with Gasteiger partial charge in [-0.1, -0.05) is 19.9 Å². The van der Waals surface area contributed by atoms with Gasteiger partial charge >= 0.3 is 0 Å². The maximum absolute atomic E-state index is 14.5. The highest BCUT2D eigenvalue weighted by Gasteiger charge is 2.66. The number of nitrogens with one attached hydrogen (secondary N) is 1. The summed E-state index contributed by atoms with van der Waals surface area (Å²) in [5, 5.41) is 21.4. The van der Waals surface area contributed by atoms with E-state index in [9.17, 15) is 13.9 Å². The average Bonchev–Trinajstić information content (AvgIpc) is 3.28. The standard InChI is InChI=1S/C28H29F2N7O/c1-16(38)12-32-26-33-13-17(14-34-26)23-15-37(10-9-31-23)28-8-7-19(27(28,2)3)18-11-22(35-36-25(18)28)24-20(29)5-4-6-21(24)30/h4-6,9-11,13-14,16,19,38H,7-8,12,15H2,1-3H3,(H,32,33,34)/t16-,19+,28-/m1/s1. The highest BCUT2D eigenvalue weighted by atomic mass is 19.1. The van der Waals surface area contributed by atoms with Crippen LogP contribution in [0, 0.1) is 17.0 Å². The van der Waals surface area contributed by atoms with Crippen LogP contribution in [0.3, 0.4) is 0 Å². The number of rotatable bonds is 6. The van der Waals surface area contributed by atoms with Gasteiger partial charge in [-0.3, -0.25) is 4.99 Å². The second-order valence-corrected chi connectivity index (χ2v) is 10.8. The van der Waals surface area contributed by atoms with Crippen molar-refractivity contribution in [2.45, 2.75) is 51.2 Å². The molecule has 2 bridgehead atoms. The third-order valence-corrected chi connectivity index (χ3v) is 8.37. The van der Waals surface area contributed by atoms with E-state index < -0.39 is 23.3 Å². The van der Waals surface area contributed by atoms with Crippen LogP contribution in [0.4, 0.5) is 14.7 Å². The molecule has 0 amide bonds. The van der Waals surface area contributed by atoms with Gasteiger partial charge in [0.05, 0.1) is 40.9 Å². The minimum Gasteiger partial charge on any atom is -0.392 e. The molecule has 3 aromatic rings. The van der Waals surface area contributed by atoms with Crippen molar-refractivity contribution in [1.29, 1.82) is 0 Å². The summed E-state index contributed by atoms with van der Waals surface area (Å²) in [6.07, 6.45) is 8.55. The number of aliphatic hydroxyl groups excluding tert-OH is 1. The molecular weight excluding hydrogens is 488 g/mol. The van der Waals surface area contributed by atoms with Gasteiger partial charge in [0, 0.05) is 42.3 Å². The van der Waals surface area contributed by atoms with Crippen molar-refractivity contribution in [3.8, 4) is 11.3 Å². The molecule has 38 heavy (non-hydrogen) atoms. The summed E-state index contributed by atoms with van der Waals surface area (Å²) in [5.41, 5.74) is 2.93. The normalized spacial score (nSPS) is 23.8. The number of fused-ring (bicyclic) bond motifs is 5. The van der Waals surface area contributed by atoms with Crippen molar-refractivity contribution in [3.63, 3.8) is 0 Å². The Morgan fingerprint density at radius 1 is 1.16 bits per heavy atom. The Kier molecular flexibility index (Phi) is 5.75. The van der Waals surface area contributed by atoms with Crippen LogP contribution in [0.25, 0.3) is 11.3 Å². The van der Waals surface area contributed by atoms with Crippen LogP contribution < -0.4 is 5.32 Å². The molecule has 1 fully saturated rings. The predicted octanol–water partition coefficient (Wildman–Crippen LogP) is 4.39. The molecule has 2 aromatic heterocycles. The second kappa shape index (κ2) is 8.90. The first kappa shape index (κ1) is 24.5. The van der Waals surface area contributed by atoms with Gasteiger partial charge in [0.25, 0.3) is 0 Å². The van der Waals surface area contributed by atoms with E-state index in [1.807, 2.05) is 12.3 Å². The maximum Gasteiger partial charge on any atom is 0.222 e. The fourth-order valence-corrected chi connectivity index (χ4v) is 6.49. The summed E-state index contributed by atoms with van der Waals surface area (Å²) >= 11 is 0. The number of hydrogen-bond acceptors (Lipinski definition) is 8. The Morgan fingerprint density at radius 3 is 2.61 bits per heavy atom. The Balaban J connectivity index is 1.33. The molecule has 0 saturated heterocycles. The van der Waals surface area contributed by atoms with Crippen molar-refractivity contribution in [3.05, 3.63) is 77.5 Å². The SMILES string of the molecule is C[C@@H](O)CNc1ncc(C2=NC=CN([C@]34CC[C@@H](c5cc(-c6c(F)cccc6F)nnc53)C4(C)C)C2)cn1. The third kappa shape index (κ3) is 3.61. The summed E-state index contributed by atoms with van der Waals surface area (Å²) in [4.78, 5) is 15.6. The summed E-state index contributed by atoms with van der Waals surface area (Å²) in [7, 11) is 0. The lowest BCUT2D eigenvalue weighted by Gasteiger charge is -2.47. The van der Waals surface area contributed by atoms with E-state index in [4.69, 9.17) is 0 Å². The Bertz CT molecular complexity index is 1430. The van der Waals surface area contributed by atoms with Crippen molar-refractivity contribution in [1.82, 2.24) is 25.1 Å². The molecule has 1 aliphatic heterocycles. The first-order chi connectivity index (χ1) is 18.2. The second-order valence-electron chi connectivity index (χ2n) is 10.8.